The zero-order valence-corrected chi connectivity index (χ0v) is 13.3. The van der Waals surface area contributed by atoms with Crippen molar-refractivity contribution in [1.29, 1.82) is 0 Å². The summed E-state index contributed by atoms with van der Waals surface area (Å²) in [5, 5.41) is 13.1. The highest BCUT2D eigenvalue weighted by molar-refractivity contribution is 5.85. The van der Waals surface area contributed by atoms with E-state index in [1.807, 2.05) is 13.8 Å². The van der Waals surface area contributed by atoms with Crippen LogP contribution in [0.4, 0.5) is 5.69 Å². The summed E-state index contributed by atoms with van der Waals surface area (Å²) in [5.74, 6) is -0.739. The molecule has 0 aromatic heterocycles. The minimum atomic E-state index is -0.738. The van der Waals surface area contributed by atoms with Crippen LogP contribution in [-0.4, -0.2) is 36.6 Å². The number of benzene rings is 1. The maximum Gasteiger partial charge on any atom is 0.328 e. The first-order valence-electron chi connectivity index (χ1n) is 7.13. The second kappa shape index (κ2) is 8.72. The van der Waals surface area contributed by atoms with Gasteiger partial charge in [0.05, 0.1) is 12.0 Å². The fraction of sp³-hybridized carbons (Fsp3) is 0.467. The van der Waals surface area contributed by atoms with Crippen LogP contribution < -0.4 is 10.1 Å². The normalized spacial score (nSPS) is 12.8. The Morgan fingerprint density at radius 3 is 2.39 bits per heavy atom. The Morgan fingerprint density at radius 1 is 1.30 bits per heavy atom. The van der Waals surface area contributed by atoms with Crippen LogP contribution in [0.25, 0.3) is 0 Å². The van der Waals surface area contributed by atoms with Crippen molar-refractivity contribution in [2.75, 3.05) is 13.7 Å². The average Bonchev–Trinajstić information content (AvgIpc) is 2.56. The van der Waals surface area contributed by atoms with Gasteiger partial charge >= 0.3 is 5.97 Å². The predicted octanol–water partition coefficient (Wildman–Crippen LogP) is 1.68. The molecule has 126 valence electrons. The smallest absolute Gasteiger partial charge is 0.328 e. The summed E-state index contributed by atoms with van der Waals surface area (Å²) in [5.41, 5.74) is -0.0654. The van der Waals surface area contributed by atoms with Crippen molar-refractivity contribution >= 4 is 17.6 Å². The van der Waals surface area contributed by atoms with Crippen LogP contribution >= 0.6 is 0 Å². The number of hydrogen-bond acceptors (Lipinski definition) is 6. The van der Waals surface area contributed by atoms with Gasteiger partial charge in [-0.25, -0.2) is 4.79 Å². The molecule has 0 saturated carbocycles. The van der Waals surface area contributed by atoms with Gasteiger partial charge in [-0.05, 0) is 18.1 Å². The highest BCUT2D eigenvalue weighted by Gasteiger charge is 2.26. The summed E-state index contributed by atoms with van der Waals surface area (Å²) >= 11 is 0. The number of amides is 1. The lowest BCUT2D eigenvalue weighted by Crippen LogP contribution is -2.47. The van der Waals surface area contributed by atoms with Crippen molar-refractivity contribution in [2.45, 2.75) is 26.3 Å². The van der Waals surface area contributed by atoms with Crippen molar-refractivity contribution in [2.24, 2.45) is 5.92 Å². The molecule has 1 amide bonds. The van der Waals surface area contributed by atoms with Crippen LogP contribution in [-0.2, 0) is 14.3 Å². The van der Waals surface area contributed by atoms with Crippen LogP contribution in [0.1, 0.15) is 20.3 Å². The highest BCUT2D eigenvalue weighted by Crippen LogP contribution is 2.17. The molecular weight excluding hydrogens is 304 g/mol. The standard InChI is InChI=1S/C15H20N2O6/c1-4-10(2)14(15(19)22-3)16-13(18)9-23-12-7-5-11(6-8-12)17(20)21/h5-8,10,14H,4,9H2,1-3H3,(H,16,18)/t10-,14+/m0/s1. The van der Waals surface area contributed by atoms with Gasteiger partial charge in [-0.1, -0.05) is 20.3 Å². The summed E-state index contributed by atoms with van der Waals surface area (Å²) in [6.07, 6.45) is 0.698. The van der Waals surface area contributed by atoms with Crippen molar-refractivity contribution in [3.63, 3.8) is 0 Å². The lowest BCUT2D eigenvalue weighted by molar-refractivity contribution is -0.384. The summed E-state index contributed by atoms with van der Waals surface area (Å²) in [6, 6.07) is 4.63. The zero-order chi connectivity index (χ0) is 17.4. The molecular formula is C15H20N2O6. The minimum absolute atomic E-state index is 0.0654. The van der Waals surface area contributed by atoms with E-state index in [9.17, 15) is 19.7 Å². The van der Waals surface area contributed by atoms with Crippen molar-refractivity contribution < 1.29 is 24.0 Å². The van der Waals surface area contributed by atoms with Crippen LogP contribution in [0.3, 0.4) is 0 Å². The first-order chi connectivity index (χ1) is 10.9. The van der Waals surface area contributed by atoms with E-state index in [-0.39, 0.29) is 18.2 Å². The number of carbonyl (C=O) groups is 2. The molecule has 0 aliphatic rings. The first kappa shape index (κ1) is 18.4. The van der Waals surface area contributed by atoms with E-state index in [0.717, 1.165) is 0 Å². The molecule has 0 spiro atoms. The third-order valence-electron chi connectivity index (χ3n) is 3.40. The summed E-state index contributed by atoms with van der Waals surface area (Å²) in [6.45, 7) is 3.43. The molecule has 23 heavy (non-hydrogen) atoms. The molecule has 0 bridgehead atoms. The van der Waals surface area contributed by atoms with E-state index >= 15 is 0 Å². The van der Waals surface area contributed by atoms with E-state index in [4.69, 9.17) is 4.74 Å². The quantitative estimate of drug-likeness (QED) is 0.443. The number of hydrogen-bond donors (Lipinski definition) is 1. The van der Waals surface area contributed by atoms with Gasteiger partial charge in [0.2, 0.25) is 0 Å². The van der Waals surface area contributed by atoms with Gasteiger partial charge in [0.25, 0.3) is 11.6 Å². The third kappa shape index (κ3) is 5.57. The fourth-order valence-corrected chi connectivity index (χ4v) is 1.82. The summed E-state index contributed by atoms with van der Waals surface area (Å²) < 4.78 is 9.92. The second-order valence-corrected chi connectivity index (χ2v) is 4.99. The monoisotopic (exact) mass is 324 g/mol. The number of nitrogens with zero attached hydrogens (tertiary/aromatic N) is 1. The number of esters is 1. The van der Waals surface area contributed by atoms with Gasteiger partial charge in [-0.3, -0.25) is 14.9 Å². The number of nitrogens with one attached hydrogen (secondary N) is 1. The molecule has 0 fully saturated rings. The first-order valence-corrected chi connectivity index (χ1v) is 7.13. The predicted molar refractivity (Wildman–Crippen MR) is 82.0 cm³/mol. The largest absolute Gasteiger partial charge is 0.484 e. The van der Waals surface area contributed by atoms with Crippen molar-refractivity contribution in [3.05, 3.63) is 34.4 Å². The fourth-order valence-electron chi connectivity index (χ4n) is 1.82. The molecule has 0 saturated heterocycles. The number of carbonyl (C=O) groups excluding carboxylic acids is 2. The number of methoxy groups -OCH3 is 1. The number of nitro groups is 1. The lowest BCUT2D eigenvalue weighted by atomic mass is 9.99. The molecule has 2 atom stereocenters. The Kier molecular flexibility index (Phi) is 6.98. The van der Waals surface area contributed by atoms with Gasteiger partial charge in [0.15, 0.2) is 6.61 Å². The second-order valence-electron chi connectivity index (χ2n) is 4.99. The molecule has 1 aromatic rings. The third-order valence-corrected chi connectivity index (χ3v) is 3.40. The Balaban J connectivity index is 2.58. The van der Waals surface area contributed by atoms with Gasteiger partial charge in [0.1, 0.15) is 11.8 Å². The van der Waals surface area contributed by atoms with Gasteiger partial charge in [0, 0.05) is 12.1 Å². The molecule has 1 aromatic carbocycles. The van der Waals surface area contributed by atoms with Gasteiger partial charge < -0.3 is 14.8 Å². The van der Waals surface area contributed by atoms with Gasteiger partial charge in [-0.2, -0.15) is 0 Å². The SMILES string of the molecule is CC[C@H](C)[C@@H](NC(=O)COc1ccc([N+](=O)[O-])cc1)C(=O)OC. The van der Waals surface area contributed by atoms with E-state index in [2.05, 4.69) is 10.1 Å². The minimum Gasteiger partial charge on any atom is -0.484 e. The Labute approximate surface area is 133 Å². The number of nitro benzene ring substituents is 1. The number of rotatable bonds is 8. The summed E-state index contributed by atoms with van der Waals surface area (Å²) in [7, 11) is 1.26. The van der Waals surface area contributed by atoms with Crippen LogP contribution in [0.15, 0.2) is 24.3 Å². The lowest BCUT2D eigenvalue weighted by Gasteiger charge is -2.21. The average molecular weight is 324 g/mol. The molecule has 0 aliphatic heterocycles. The van der Waals surface area contributed by atoms with E-state index in [1.54, 1.807) is 0 Å². The number of non-ortho nitro benzene ring substituents is 1. The molecule has 0 unspecified atom stereocenters. The maximum atomic E-state index is 11.9. The van der Waals surface area contributed by atoms with E-state index < -0.39 is 22.8 Å². The molecule has 0 aliphatic carbocycles. The van der Waals surface area contributed by atoms with Gasteiger partial charge in [-0.15, -0.1) is 0 Å². The van der Waals surface area contributed by atoms with Crippen LogP contribution in [0, 0.1) is 16.0 Å². The summed E-state index contributed by atoms with van der Waals surface area (Å²) in [4.78, 5) is 33.6. The molecule has 8 nitrogen and oxygen atoms in total. The molecule has 0 radical (unpaired) electrons. The molecule has 1 N–H and O–H groups in total. The number of ether oxygens (including phenoxy) is 2. The van der Waals surface area contributed by atoms with Crippen LogP contribution in [0.5, 0.6) is 5.75 Å². The Morgan fingerprint density at radius 2 is 1.91 bits per heavy atom. The van der Waals surface area contributed by atoms with E-state index in [1.165, 1.54) is 31.4 Å². The van der Waals surface area contributed by atoms with Crippen LogP contribution in [0.2, 0.25) is 0 Å². The van der Waals surface area contributed by atoms with Crippen molar-refractivity contribution in [3.8, 4) is 5.75 Å². The topological polar surface area (TPSA) is 108 Å². The van der Waals surface area contributed by atoms with Crippen molar-refractivity contribution in [1.82, 2.24) is 5.32 Å². The molecule has 1 rings (SSSR count). The maximum absolute atomic E-state index is 11.9. The Hall–Kier alpha value is -2.64. The molecule has 8 heteroatoms. The molecule has 0 heterocycles. The highest BCUT2D eigenvalue weighted by atomic mass is 16.6. The van der Waals surface area contributed by atoms with E-state index in [0.29, 0.717) is 12.2 Å². The zero-order valence-electron chi connectivity index (χ0n) is 13.3. The Bertz CT molecular complexity index is 558.